The van der Waals surface area contributed by atoms with Crippen LogP contribution in [-0.4, -0.2) is 30.7 Å². The molecule has 1 unspecified atom stereocenters. The van der Waals surface area contributed by atoms with E-state index in [9.17, 15) is 0 Å². The van der Waals surface area contributed by atoms with Crippen LogP contribution in [0, 0.1) is 5.41 Å². The van der Waals surface area contributed by atoms with Crippen LogP contribution in [0.15, 0.2) is 24.3 Å². The minimum absolute atomic E-state index is 0.0533. The van der Waals surface area contributed by atoms with Crippen LogP contribution < -0.4 is 15.8 Å². The van der Waals surface area contributed by atoms with Gasteiger partial charge in [0.05, 0.1) is 12.6 Å². The Balaban J connectivity index is 2.26. The fourth-order valence-electron chi connectivity index (χ4n) is 2.58. The number of rotatable bonds is 4. The molecule has 0 bridgehead atoms. The Morgan fingerprint density at radius 3 is 2.84 bits per heavy atom. The van der Waals surface area contributed by atoms with Crippen LogP contribution in [0.4, 0.5) is 5.69 Å². The maximum atomic E-state index is 6.13. The average molecular weight is 280 g/mol. The van der Waals surface area contributed by atoms with E-state index >= 15 is 0 Å². The van der Waals surface area contributed by atoms with E-state index in [-0.39, 0.29) is 11.0 Å². The van der Waals surface area contributed by atoms with Crippen LogP contribution in [0.5, 0.6) is 5.75 Å². The Morgan fingerprint density at radius 2 is 2.21 bits per heavy atom. The van der Waals surface area contributed by atoms with Crippen molar-refractivity contribution in [3.63, 3.8) is 0 Å². The number of benzene rings is 1. The SMILES string of the molecule is COc1cccc(NC2(CN)CSCCC2(C)C)c1. The first-order valence-electron chi connectivity index (χ1n) is 6.73. The molecule has 3 nitrogen and oxygen atoms in total. The molecule has 0 spiro atoms. The number of nitrogens with two attached hydrogens (primary N) is 1. The third kappa shape index (κ3) is 2.84. The minimum atomic E-state index is -0.0533. The van der Waals surface area contributed by atoms with E-state index in [0.29, 0.717) is 6.54 Å². The summed E-state index contributed by atoms with van der Waals surface area (Å²) in [5.41, 5.74) is 7.35. The van der Waals surface area contributed by atoms with Crippen molar-refractivity contribution < 1.29 is 4.74 Å². The molecule has 0 radical (unpaired) electrons. The van der Waals surface area contributed by atoms with Gasteiger partial charge in [0.1, 0.15) is 5.75 Å². The molecular formula is C15H24N2OS. The van der Waals surface area contributed by atoms with Crippen molar-refractivity contribution in [3.8, 4) is 5.75 Å². The quantitative estimate of drug-likeness (QED) is 0.890. The number of methoxy groups -OCH3 is 1. The first-order chi connectivity index (χ1) is 9.03. The molecule has 1 fully saturated rings. The highest BCUT2D eigenvalue weighted by atomic mass is 32.2. The van der Waals surface area contributed by atoms with Crippen molar-refractivity contribution in [1.29, 1.82) is 0 Å². The number of hydrogen-bond acceptors (Lipinski definition) is 4. The molecule has 0 aliphatic carbocycles. The molecule has 3 N–H and O–H groups in total. The van der Waals surface area contributed by atoms with Gasteiger partial charge in [0.2, 0.25) is 0 Å². The zero-order chi connectivity index (χ0) is 13.9. The summed E-state index contributed by atoms with van der Waals surface area (Å²) in [5.74, 6) is 3.14. The van der Waals surface area contributed by atoms with E-state index in [0.717, 1.165) is 17.2 Å². The Labute approximate surface area is 120 Å². The molecule has 2 rings (SSSR count). The van der Waals surface area contributed by atoms with E-state index < -0.39 is 0 Å². The second-order valence-electron chi connectivity index (χ2n) is 5.83. The Morgan fingerprint density at radius 1 is 1.42 bits per heavy atom. The van der Waals surface area contributed by atoms with Crippen LogP contribution in [0.3, 0.4) is 0 Å². The molecule has 1 aromatic carbocycles. The number of nitrogens with one attached hydrogen (secondary N) is 1. The maximum Gasteiger partial charge on any atom is 0.120 e. The van der Waals surface area contributed by atoms with E-state index in [2.05, 4.69) is 25.2 Å². The maximum absolute atomic E-state index is 6.13. The van der Waals surface area contributed by atoms with Gasteiger partial charge in [0.25, 0.3) is 0 Å². The fraction of sp³-hybridized carbons (Fsp3) is 0.600. The van der Waals surface area contributed by atoms with Crippen molar-refractivity contribution in [2.24, 2.45) is 11.1 Å². The van der Waals surface area contributed by atoms with Crippen molar-refractivity contribution in [2.75, 3.05) is 30.5 Å². The van der Waals surface area contributed by atoms with Gasteiger partial charge in [-0.1, -0.05) is 19.9 Å². The highest BCUT2D eigenvalue weighted by Crippen LogP contribution is 2.43. The van der Waals surface area contributed by atoms with Gasteiger partial charge in [-0.25, -0.2) is 0 Å². The Kier molecular flexibility index (Phi) is 4.31. The third-order valence-corrected chi connectivity index (χ3v) is 5.51. The number of hydrogen-bond donors (Lipinski definition) is 2. The van der Waals surface area contributed by atoms with Gasteiger partial charge >= 0.3 is 0 Å². The number of ether oxygens (including phenoxy) is 1. The van der Waals surface area contributed by atoms with E-state index in [1.165, 1.54) is 12.2 Å². The topological polar surface area (TPSA) is 47.3 Å². The van der Waals surface area contributed by atoms with Gasteiger partial charge in [0, 0.05) is 24.1 Å². The van der Waals surface area contributed by atoms with Crippen LogP contribution in [-0.2, 0) is 0 Å². The Bertz CT molecular complexity index is 436. The van der Waals surface area contributed by atoms with Gasteiger partial charge in [-0.3, -0.25) is 0 Å². The molecule has 0 saturated carbocycles. The molecule has 0 aromatic heterocycles. The van der Waals surface area contributed by atoms with Crippen LogP contribution in [0.25, 0.3) is 0 Å². The summed E-state index contributed by atoms with van der Waals surface area (Å²) in [5, 5.41) is 3.68. The highest BCUT2D eigenvalue weighted by molar-refractivity contribution is 7.99. The summed E-state index contributed by atoms with van der Waals surface area (Å²) < 4.78 is 5.29. The van der Waals surface area contributed by atoms with Crippen LogP contribution in [0.1, 0.15) is 20.3 Å². The Hall–Kier alpha value is -0.870. The minimum Gasteiger partial charge on any atom is -0.497 e. The average Bonchev–Trinajstić information content (AvgIpc) is 2.41. The first-order valence-corrected chi connectivity index (χ1v) is 7.88. The van der Waals surface area contributed by atoms with Crippen molar-refractivity contribution in [2.45, 2.75) is 25.8 Å². The summed E-state index contributed by atoms with van der Waals surface area (Å²) in [7, 11) is 1.69. The van der Waals surface area contributed by atoms with Crippen LogP contribution >= 0.6 is 11.8 Å². The third-order valence-electron chi connectivity index (χ3n) is 4.32. The van der Waals surface area contributed by atoms with Crippen molar-refractivity contribution >= 4 is 17.4 Å². The predicted octanol–water partition coefficient (Wildman–Crippen LogP) is 2.97. The van der Waals surface area contributed by atoms with Gasteiger partial charge < -0.3 is 15.8 Å². The summed E-state index contributed by atoms with van der Waals surface area (Å²) in [4.78, 5) is 0. The summed E-state index contributed by atoms with van der Waals surface area (Å²) >= 11 is 1.98. The lowest BCUT2D eigenvalue weighted by Gasteiger charge is -2.50. The molecular weight excluding hydrogens is 256 g/mol. The summed E-state index contributed by atoms with van der Waals surface area (Å²) in [6, 6.07) is 8.08. The van der Waals surface area contributed by atoms with Gasteiger partial charge in [-0.15, -0.1) is 0 Å². The number of thioether (sulfide) groups is 1. The molecule has 1 saturated heterocycles. The largest absolute Gasteiger partial charge is 0.497 e. The predicted molar refractivity (Wildman–Crippen MR) is 84.1 cm³/mol. The van der Waals surface area contributed by atoms with E-state index in [1.54, 1.807) is 7.11 Å². The molecule has 19 heavy (non-hydrogen) atoms. The summed E-state index contributed by atoms with van der Waals surface area (Å²) in [6.07, 6.45) is 1.19. The molecule has 1 aliphatic heterocycles. The molecule has 1 atom stereocenters. The van der Waals surface area contributed by atoms with Gasteiger partial charge in [-0.2, -0.15) is 11.8 Å². The molecule has 4 heteroatoms. The van der Waals surface area contributed by atoms with Crippen molar-refractivity contribution in [3.05, 3.63) is 24.3 Å². The number of anilines is 1. The second-order valence-corrected chi connectivity index (χ2v) is 6.93. The lowest BCUT2D eigenvalue weighted by atomic mass is 9.70. The summed E-state index contributed by atoms with van der Waals surface area (Å²) in [6.45, 7) is 5.27. The van der Waals surface area contributed by atoms with Crippen LogP contribution in [0.2, 0.25) is 0 Å². The molecule has 1 aromatic rings. The lowest BCUT2D eigenvalue weighted by molar-refractivity contribution is 0.203. The lowest BCUT2D eigenvalue weighted by Crippen LogP contribution is -2.60. The zero-order valence-corrected chi connectivity index (χ0v) is 12.8. The first kappa shape index (κ1) is 14.5. The second kappa shape index (κ2) is 5.63. The van der Waals surface area contributed by atoms with Gasteiger partial charge in [0.15, 0.2) is 0 Å². The fourth-order valence-corrected chi connectivity index (χ4v) is 4.31. The van der Waals surface area contributed by atoms with E-state index in [4.69, 9.17) is 10.5 Å². The monoisotopic (exact) mass is 280 g/mol. The highest BCUT2D eigenvalue weighted by Gasteiger charge is 2.46. The molecule has 1 aliphatic rings. The molecule has 106 valence electrons. The molecule has 1 heterocycles. The van der Waals surface area contributed by atoms with Crippen molar-refractivity contribution in [1.82, 2.24) is 0 Å². The van der Waals surface area contributed by atoms with Gasteiger partial charge in [-0.05, 0) is 29.7 Å². The smallest absolute Gasteiger partial charge is 0.120 e. The standard InChI is InChI=1S/C15H24N2OS/c1-14(2)7-8-19-11-15(14,10-16)17-12-5-4-6-13(9-12)18-3/h4-6,9,17H,7-8,10-11,16H2,1-3H3. The van der Waals surface area contributed by atoms with E-state index in [1.807, 2.05) is 30.0 Å². The zero-order valence-electron chi connectivity index (χ0n) is 12.0. The normalized spacial score (nSPS) is 25.9. The molecule has 0 amide bonds.